The van der Waals surface area contributed by atoms with Crippen LogP contribution in [0.5, 0.6) is 5.75 Å². The molecule has 0 saturated carbocycles. The largest absolute Gasteiger partial charge is 0.489 e. The van der Waals surface area contributed by atoms with E-state index in [2.05, 4.69) is 55.1 Å². The number of carbonyl (C=O) groups excluding carboxylic acids is 1. The van der Waals surface area contributed by atoms with Crippen LogP contribution >= 0.6 is 0 Å². The summed E-state index contributed by atoms with van der Waals surface area (Å²) in [5, 5.41) is 19.5. The summed E-state index contributed by atoms with van der Waals surface area (Å²) in [6.07, 6.45) is 1.61. The number of anilines is 1. The first-order chi connectivity index (χ1) is 22.0. The van der Waals surface area contributed by atoms with Crippen LogP contribution in [0.2, 0.25) is 0 Å². The second-order valence-electron chi connectivity index (χ2n) is 11.9. The van der Waals surface area contributed by atoms with Crippen LogP contribution in [-0.4, -0.2) is 111 Å². The van der Waals surface area contributed by atoms with Crippen molar-refractivity contribution in [1.82, 2.24) is 29.7 Å². The molecular weight excluding hydrogens is 572 g/mol. The molecule has 0 bridgehead atoms. The molecule has 7 rings (SSSR count). The molecule has 3 aliphatic heterocycles. The summed E-state index contributed by atoms with van der Waals surface area (Å²) in [4.78, 5) is 35.8. The number of likely N-dealkylation sites (tertiary alicyclic amines) is 1. The van der Waals surface area contributed by atoms with Gasteiger partial charge in [0.15, 0.2) is 5.65 Å². The van der Waals surface area contributed by atoms with Crippen molar-refractivity contribution >= 4 is 22.8 Å². The SMILES string of the molecule is C[C@H](O)C(=O)N1CCC(Oc2ccc(-c3ncnc4[nH]c(-c5ccc(N6CCN(C7COC7)CC6)cc5)nc34)cc2C#N)CC1. The summed E-state index contributed by atoms with van der Waals surface area (Å²) in [7, 11) is 0. The second-order valence-corrected chi connectivity index (χ2v) is 11.9. The van der Waals surface area contributed by atoms with Gasteiger partial charge in [0.2, 0.25) is 0 Å². The molecule has 232 valence electrons. The van der Waals surface area contributed by atoms with Crippen molar-refractivity contribution in [3.63, 3.8) is 0 Å². The molecule has 0 spiro atoms. The smallest absolute Gasteiger partial charge is 0.251 e. The summed E-state index contributed by atoms with van der Waals surface area (Å²) in [6, 6.07) is 16.7. The molecule has 2 aromatic carbocycles. The standard InChI is InChI=1S/C33H36N8O4/c1-21(42)33(43)41-10-8-27(9-11-41)45-28-7-4-23(16-24(28)17-34)29-30-32(36-20-35-29)38-31(37-30)22-2-5-25(6-3-22)39-12-14-40(15-13-39)26-18-44-19-26/h2-7,16,20-21,26-27,42H,8-15,18-19H2,1H3,(H,35,36,37,38)/t21-/m0/s1. The number of piperazine rings is 1. The van der Waals surface area contributed by atoms with E-state index in [1.807, 2.05) is 6.07 Å². The Balaban J connectivity index is 1.05. The molecule has 2 aromatic heterocycles. The quantitative estimate of drug-likeness (QED) is 0.321. The number of aromatic amines is 1. The predicted molar refractivity (Wildman–Crippen MR) is 168 cm³/mol. The van der Waals surface area contributed by atoms with Gasteiger partial charge in [0.25, 0.3) is 5.91 Å². The van der Waals surface area contributed by atoms with Gasteiger partial charge in [-0.1, -0.05) is 0 Å². The highest BCUT2D eigenvalue weighted by molar-refractivity contribution is 5.89. The van der Waals surface area contributed by atoms with E-state index >= 15 is 0 Å². The molecule has 12 heteroatoms. The second kappa shape index (κ2) is 12.4. The van der Waals surface area contributed by atoms with Gasteiger partial charge in [0.1, 0.15) is 47.4 Å². The number of aliphatic hydroxyl groups is 1. The van der Waals surface area contributed by atoms with Gasteiger partial charge in [-0.2, -0.15) is 5.26 Å². The summed E-state index contributed by atoms with van der Waals surface area (Å²) < 4.78 is 11.6. The Bertz CT molecular complexity index is 1710. The molecule has 3 fully saturated rings. The summed E-state index contributed by atoms with van der Waals surface area (Å²) >= 11 is 0. The number of benzene rings is 2. The van der Waals surface area contributed by atoms with Crippen molar-refractivity contribution in [3.05, 3.63) is 54.4 Å². The first-order valence-electron chi connectivity index (χ1n) is 15.5. The third kappa shape index (κ3) is 5.94. The van der Waals surface area contributed by atoms with Crippen molar-refractivity contribution in [2.45, 2.75) is 38.0 Å². The van der Waals surface area contributed by atoms with Gasteiger partial charge in [0.05, 0.1) is 24.8 Å². The lowest BCUT2D eigenvalue weighted by Gasteiger charge is -2.43. The van der Waals surface area contributed by atoms with E-state index in [-0.39, 0.29) is 12.0 Å². The fraction of sp³-hybridized carbons (Fsp3) is 0.424. The minimum Gasteiger partial charge on any atom is -0.489 e. The molecule has 4 aromatic rings. The van der Waals surface area contributed by atoms with E-state index in [0.717, 1.165) is 50.5 Å². The third-order valence-corrected chi connectivity index (χ3v) is 9.02. The van der Waals surface area contributed by atoms with Crippen molar-refractivity contribution in [2.75, 3.05) is 57.4 Å². The number of piperidine rings is 1. The highest BCUT2D eigenvalue weighted by Gasteiger charge is 2.29. The fourth-order valence-electron chi connectivity index (χ4n) is 6.29. The molecule has 3 saturated heterocycles. The third-order valence-electron chi connectivity index (χ3n) is 9.02. The minimum atomic E-state index is -1.01. The zero-order chi connectivity index (χ0) is 30.9. The molecule has 45 heavy (non-hydrogen) atoms. The molecule has 12 nitrogen and oxygen atoms in total. The Morgan fingerprint density at radius 1 is 1.04 bits per heavy atom. The maximum absolute atomic E-state index is 12.1. The van der Waals surface area contributed by atoms with E-state index in [9.17, 15) is 15.2 Å². The number of aliphatic hydroxyl groups excluding tert-OH is 1. The van der Waals surface area contributed by atoms with Crippen LogP contribution in [-0.2, 0) is 9.53 Å². The number of nitriles is 1. The first-order valence-corrected chi connectivity index (χ1v) is 15.5. The molecular formula is C33H36N8O4. The maximum Gasteiger partial charge on any atom is 0.251 e. The van der Waals surface area contributed by atoms with Crippen molar-refractivity contribution < 1.29 is 19.4 Å². The zero-order valence-electron chi connectivity index (χ0n) is 25.2. The summed E-state index contributed by atoms with van der Waals surface area (Å²) in [5.41, 5.74) is 5.16. The van der Waals surface area contributed by atoms with E-state index < -0.39 is 6.10 Å². The molecule has 1 amide bonds. The molecule has 1 atom stereocenters. The number of ether oxygens (including phenoxy) is 2. The Morgan fingerprint density at radius 3 is 2.44 bits per heavy atom. The lowest BCUT2D eigenvalue weighted by molar-refractivity contribution is -0.141. The van der Waals surface area contributed by atoms with Crippen LogP contribution in [0.15, 0.2) is 48.8 Å². The topological polar surface area (TPSA) is 144 Å². The summed E-state index contributed by atoms with van der Waals surface area (Å²) in [6.45, 7) is 8.30. The van der Waals surface area contributed by atoms with E-state index in [0.29, 0.717) is 66.0 Å². The minimum absolute atomic E-state index is 0.126. The average molecular weight is 609 g/mol. The van der Waals surface area contributed by atoms with Gasteiger partial charge in [-0.25, -0.2) is 15.0 Å². The number of rotatable bonds is 7. The number of fused-ring (bicyclic) bond motifs is 1. The Hall–Kier alpha value is -4.57. The van der Waals surface area contributed by atoms with Crippen LogP contribution in [0, 0.1) is 11.3 Å². The van der Waals surface area contributed by atoms with Crippen LogP contribution in [0.3, 0.4) is 0 Å². The molecule has 2 N–H and O–H groups in total. The first kappa shape index (κ1) is 29.2. The average Bonchev–Trinajstić information content (AvgIpc) is 3.49. The lowest BCUT2D eigenvalue weighted by atomic mass is 10.0. The number of imidazole rings is 1. The van der Waals surface area contributed by atoms with Crippen molar-refractivity contribution in [3.8, 4) is 34.5 Å². The summed E-state index contributed by atoms with van der Waals surface area (Å²) in [5.74, 6) is 0.928. The number of nitrogens with zero attached hydrogens (tertiary/aromatic N) is 7. The molecule has 5 heterocycles. The fourth-order valence-corrected chi connectivity index (χ4v) is 6.29. The number of hydrogen-bond donors (Lipinski definition) is 2. The van der Waals surface area contributed by atoms with E-state index in [1.165, 1.54) is 18.9 Å². The van der Waals surface area contributed by atoms with E-state index in [4.69, 9.17) is 14.5 Å². The number of aromatic nitrogens is 4. The molecule has 0 unspecified atom stereocenters. The monoisotopic (exact) mass is 608 g/mol. The van der Waals surface area contributed by atoms with Crippen LogP contribution in [0.1, 0.15) is 25.3 Å². The Labute approximate surface area is 261 Å². The number of nitrogens with one attached hydrogen (secondary N) is 1. The molecule has 0 radical (unpaired) electrons. The maximum atomic E-state index is 12.1. The van der Waals surface area contributed by atoms with Gasteiger partial charge < -0.3 is 29.4 Å². The van der Waals surface area contributed by atoms with Crippen LogP contribution in [0.25, 0.3) is 33.8 Å². The van der Waals surface area contributed by atoms with Gasteiger partial charge >= 0.3 is 0 Å². The van der Waals surface area contributed by atoms with Crippen LogP contribution < -0.4 is 9.64 Å². The zero-order valence-corrected chi connectivity index (χ0v) is 25.2. The van der Waals surface area contributed by atoms with Crippen LogP contribution in [0.4, 0.5) is 5.69 Å². The van der Waals surface area contributed by atoms with Gasteiger partial charge in [-0.3, -0.25) is 9.69 Å². The Kier molecular flexibility index (Phi) is 8.06. The predicted octanol–water partition coefficient (Wildman–Crippen LogP) is 2.83. The highest BCUT2D eigenvalue weighted by atomic mass is 16.5. The number of hydrogen-bond acceptors (Lipinski definition) is 10. The van der Waals surface area contributed by atoms with Gasteiger partial charge in [0, 0.05) is 68.9 Å². The molecule has 0 aliphatic carbocycles. The number of amides is 1. The van der Waals surface area contributed by atoms with Crippen molar-refractivity contribution in [2.24, 2.45) is 0 Å². The van der Waals surface area contributed by atoms with E-state index in [1.54, 1.807) is 17.0 Å². The van der Waals surface area contributed by atoms with Crippen molar-refractivity contribution in [1.29, 1.82) is 5.26 Å². The Morgan fingerprint density at radius 2 is 1.78 bits per heavy atom. The van der Waals surface area contributed by atoms with Gasteiger partial charge in [-0.05, 0) is 49.4 Å². The molecule has 3 aliphatic rings. The van der Waals surface area contributed by atoms with Gasteiger partial charge in [-0.15, -0.1) is 0 Å². The number of H-pyrrole nitrogens is 1. The highest BCUT2D eigenvalue weighted by Crippen LogP contribution is 2.32. The lowest BCUT2D eigenvalue weighted by Crippen LogP contribution is -2.56. The normalized spacial score (nSPS) is 18.9. The number of carbonyl (C=O) groups is 1.